The Morgan fingerprint density at radius 1 is 1.58 bits per heavy atom. The molecule has 0 spiro atoms. The van der Waals surface area contributed by atoms with Gasteiger partial charge in [0.2, 0.25) is 0 Å². The first-order valence-electron chi connectivity index (χ1n) is 6.12. The average Bonchev–Trinajstić information content (AvgIpc) is 2.37. The van der Waals surface area contributed by atoms with Crippen LogP contribution in [0.25, 0.3) is 0 Å². The quantitative estimate of drug-likeness (QED) is 0.799. The molecule has 1 aliphatic heterocycles. The molecule has 104 valence electrons. The summed E-state index contributed by atoms with van der Waals surface area (Å²) >= 11 is 6.04. The Morgan fingerprint density at radius 3 is 2.95 bits per heavy atom. The van der Waals surface area contributed by atoms with Crippen molar-refractivity contribution in [2.75, 3.05) is 25.4 Å². The van der Waals surface area contributed by atoms with Crippen LogP contribution in [0, 0.1) is 0 Å². The third-order valence-electron chi connectivity index (χ3n) is 3.04. The second-order valence-corrected chi connectivity index (χ2v) is 5.11. The van der Waals surface area contributed by atoms with E-state index in [1.165, 1.54) is 0 Å². The van der Waals surface area contributed by atoms with Crippen LogP contribution in [-0.2, 0) is 4.74 Å². The van der Waals surface area contributed by atoms with E-state index < -0.39 is 0 Å². The van der Waals surface area contributed by atoms with Crippen LogP contribution in [0.3, 0.4) is 0 Å². The van der Waals surface area contributed by atoms with Crippen LogP contribution in [0.5, 0.6) is 0 Å². The number of rotatable bonds is 2. The van der Waals surface area contributed by atoms with Crippen LogP contribution in [0.15, 0.2) is 18.2 Å². The molecule has 0 aromatic heterocycles. The summed E-state index contributed by atoms with van der Waals surface area (Å²) in [7, 11) is 0. The fourth-order valence-electron chi connectivity index (χ4n) is 2.19. The lowest BCUT2D eigenvalue weighted by molar-refractivity contribution is -0.0858. The van der Waals surface area contributed by atoms with Gasteiger partial charge < -0.3 is 20.5 Å². The molecule has 2 unspecified atom stereocenters. The third-order valence-corrected chi connectivity index (χ3v) is 3.35. The van der Waals surface area contributed by atoms with Gasteiger partial charge in [0, 0.05) is 18.8 Å². The number of halogens is 1. The summed E-state index contributed by atoms with van der Waals surface area (Å²) in [5.41, 5.74) is 6.55. The molecule has 19 heavy (non-hydrogen) atoms. The van der Waals surface area contributed by atoms with Crippen molar-refractivity contribution in [3.8, 4) is 0 Å². The Morgan fingerprint density at radius 2 is 2.32 bits per heavy atom. The molecule has 0 saturated carbocycles. The zero-order valence-corrected chi connectivity index (χ0v) is 11.4. The highest BCUT2D eigenvalue weighted by Crippen LogP contribution is 2.22. The molecule has 5 nitrogen and oxygen atoms in total. The van der Waals surface area contributed by atoms with Gasteiger partial charge in [-0.2, -0.15) is 0 Å². The molecule has 1 heterocycles. The van der Waals surface area contributed by atoms with E-state index in [0.29, 0.717) is 29.4 Å². The lowest BCUT2D eigenvalue weighted by atomic mass is 10.1. The lowest BCUT2D eigenvalue weighted by Gasteiger charge is -2.36. The highest BCUT2D eigenvalue weighted by Gasteiger charge is 2.29. The summed E-state index contributed by atoms with van der Waals surface area (Å²) < 4.78 is 5.50. The van der Waals surface area contributed by atoms with Crippen LogP contribution in [0.1, 0.15) is 17.3 Å². The van der Waals surface area contributed by atoms with Gasteiger partial charge in [0.1, 0.15) is 0 Å². The summed E-state index contributed by atoms with van der Waals surface area (Å²) in [5.74, 6) is -0.168. The normalized spacial score (nSPS) is 23.4. The number of carbonyl (C=O) groups is 1. The molecule has 6 heteroatoms. The number of nitrogens with zero attached hydrogens (tertiary/aromatic N) is 1. The van der Waals surface area contributed by atoms with Gasteiger partial charge in [-0.15, -0.1) is 0 Å². The maximum atomic E-state index is 12.4. The van der Waals surface area contributed by atoms with E-state index in [1.54, 1.807) is 23.1 Å². The van der Waals surface area contributed by atoms with Crippen LogP contribution >= 0.6 is 11.6 Å². The van der Waals surface area contributed by atoms with Gasteiger partial charge in [-0.05, 0) is 25.1 Å². The molecule has 1 amide bonds. The largest absolute Gasteiger partial charge is 0.399 e. The smallest absolute Gasteiger partial charge is 0.255 e. The number of amides is 1. The van der Waals surface area contributed by atoms with Gasteiger partial charge >= 0.3 is 0 Å². The highest BCUT2D eigenvalue weighted by atomic mass is 35.5. The molecule has 2 atom stereocenters. The Labute approximate surface area is 116 Å². The Balaban J connectivity index is 2.18. The number of benzene rings is 1. The minimum absolute atomic E-state index is 0.108. The number of carbonyl (C=O) groups excluding carboxylic acids is 1. The van der Waals surface area contributed by atoms with Gasteiger partial charge in [-0.1, -0.05) is 11.6 Å². The molecule has 0 aliphatic carbocycles. The van der Waals surface area contributed by atoms with E-state index in [0.717, 1.165) is 0 Å². The van der Waals surface area contributed by atoms with Crippen LogP contribution in [-0.4, -0.2) is 47.8 Å². The number of nitrogens with two attached hydrogens (primary N) is 1. The van der Waals surface area contributed by atoms with Crippen molar-refractivity contribution in [2.24, 2.45) is 0 Å². The number of hydrogen-bond acceptors (Lipinski definition) is 4. The van der Waals surface area contributed by atoms with Gasteiger partial charge in [0.25, 0.3) is 5.91 Å². The Bertz CT molecular complexity index is 481. The SMILES string of the molecule is CC1CN(C(=O)c2ccc(N)cc2Cl)CC(CO)O1. The number of ether oxygens (including phenoxy) is 1. The number of nitrogen functional groups attached to an aromatic ring is 1. The fraction of sp³-hybridized carbons (Fsp3) is 0.462. The molecule has 2 rings (SSSR count). The van der Waals surface area contributed by atoms with Gasteiger partial charge in [-0.3, -0.25) is 4.79 Å². The molecule has 1 aliphatic rings. The predicted molar refractivity (Wildman–Crippen MR) is 73.2 cm³/mol. The molecule has 0 radical (unpaired) electrons. The summed E-state index contributed by atoms with van der Waals surface area (Å²) in [6.07, 6.45) is -0.456. The Kier molecular flexibility index (Phi) is 4.29. The van der Waals surface area contributed by atoms with Crippen molar-refractivity contribution in [1.29, 1.82) is 0 Å². The minimum Gasteiger partial charge on any atom is -0.399 e. The number of hydrogen-bond donors (Lipinski definition) is 2. The van der Waals surface area contributed by atoms with E-state index in [-0.39, 0.29) is 24.7 Å². The number of anilines is 1. The van der Waals surface area contributed by atoms with E-state index in [4.69, 9.17) is 27.2 Å². The van der Waals surface area contributed by atoms with Crippen LogP contribution in [0.4, 0.5) is 5.69 Å². The van der Waals surface area contributed by atoms with Gasteiger partial charge in [-0.25, -0.2) is 0 Å². The van der Waals surface area contributed by atoms with E-state index in [2.05, 4.69) is 0 Å². The van der Waals surface area contributed by atoms with Crippen LogP contribution < -0.4 is 5.73 Å². The molecular formula is C13H17ClN2O3. The lowest BCUT2D eigenvalue weighted by Crippen LogP contribution is -2.50. The molecule has 0 bridgehead atoms. The topological polar surface area (TPSA) is 75.8 Å². The average molecular weight is 285 g/mol. The molecule has 1 aromatic carbocycles. The number of morpholine rings is 1. The first-order valence-corrected chi connectivity index (χ1v) is 6.49. The van der Waals surface area contributed by atoms with Crippen molar-refractivity contribution in [3.63, 3.8) is 0 Å². The Hall–Kier alpha value is -1.30. The molecular weight excluding hydrogens is 268 g/mol. The first-order chi connectivity index (χ1) is 9.01. The van der Waals surface area contributed by atoms with Crippen molar-refractivity contribution >= 4 is 23.2 Å². The number of aliphatic hydroxyl groups excluding tert-OH is 1. The van der Waals surface area contributed by atoms with Crippen LogP contribution in [0.2, 0.25) is 5.02 Å². The second-order valence-electron chi connectivity index (χ2n) is 4.70. The zero-order chi connectivity index (χ0) is 14.0. The van der Waals surface area contributed by atoms with Crippen molar-refractivity contribution in [1.82, 2.24) is 4.90 Å². The third kappa shape index (κ3) is 3.18. The van der Waals surface area contributed by atoms with Crippen molar-refractivity contribution in [2.45, 2.75) is 19.1 Å². The standard InChI is InChI=1S/C13H17ClN2O3/c1-8-5-16(6-10(7-17)19-8)13(18)11-3-2-9(15)4-12(11)14/h2-4,8,10,17H,5-7,15H2,1H3. The highest BCUT2D eigenvalue weighted by molar-refractivity contribution is 6.34. The maximum absolute atomic E-state index is 12.4. The summed E-state index contributed by atoms with van der Waals surface area (Å²) in [6.45, 7) is 2.60. The predicted octanol–water partition coefficient (Wildman–Crippen LogP) is 1.14. The minimum atomic E-state index is -0.347. The monoisotopic (exact) mass is 284 g/mol. The van der Waals surface area contributed by atoms with Gasteiger partial charge in [0.15, 0.2) is 0 Å². The summed E-state index contributed by atoms with van der Waals surface area (Å²) in [4.78, 5) is 14.0. The summed E-state index contributed by atoms with van der Waals surface area (Å²) in [6, 6.07) is 4.82. The summed E-state index contributed by atoms with van der Waals surface area (Å²) in [5, 5.41) is 9.50. The number of aliphatic hydroxyl groups is 1. The second kappa shape index (κ2) is 5.77. The van der Waals surface area contributed by atoms with E-state index in [1.807, 2.05) is 6.92 Å². The maximum Gasteiger partial charge on any atom is 0.255 e. The van der Waals surface area contributed by atoms with E-state index >= 15 is 0 Å². The van der Waals surface area contributed by atoms with Gasteiger partial charge in [0.05, 0.1) is 29.4 Å². The first kappa shape index (κ1) is 14.1. The molecule has 1 saturated heterocycles. The van der Waals surface area contributed by atoms with Crippen molar-refractivity contribution in [3.05, 3.63) is 28.8 Å². The fourth-order valence-corrected chi connectivity index (χ4v) is 2.46. The van der Waals surface area contributed by atoms with E-state index in [9.17, 15) is 4.79 Å². The molecule has 1 aromatic rings. The molecule has 1 fully saturated rings. The zero-order valence-electron chi connectivity index (χ0n) is 10.7. The van der Waals surface area contributed by atoms with Crippen molar-refractivity contribution < 1.29 is 14.6 Å². The molecule has 3 N–H and O–H groups in total.